The van der Waals surface area contributed by atoms with Crippen LogP contribution in [0.25, 0.3) is 0 Å². The first-order valence-corrected chi connectivity index (χ1v) is 2.15. The second-order valence-corrected chi connectivity index (χ2v) is 1.35. The molecule has 0 saturated carbocycles. The van der Waals surface area contributed by atoms with E-state index in [4.69, 9.17) is 0 Å². The first kappa shape index (κ1) is 11.1. The van der Waals surface area contributed by atoms with Gasteiger partial charge in [-0.15, -0.1) is 0 Å². The van der Waals surface area contributed by atoms with Crippen molar-refractivity contribution in [2.24, 2.45) is 0 Å². The van der Waals surface area contributed by atoms with Crippen LogP contribution in [0.4, 0.5) is 0 Å². The summed E-state index contributed by atoms with van der Waals surface area (Å²) in [4.78, 5) is -0.361. The molecule has 0 heterocycles. The smallest absolute Gasteiger partial charge is 0.612 e. The summed E-state index contributed by atoms with van der Waals surface area (Å²) in [5, 5.41) is 19.4. The topological polar surface area (TPSA) is 49.1 Å². The molecule has 4 heteroatoms. The molecule has 0 N–H and O–H groups in total. The van der Waals surface area contributed by atoms with Gasteiger partial charge < -0.3 is 10.4 Å². The van der Waals surface area contributed by atoms with Crippen LogP contribution in [0.15, 0.2) is 0 Å². The van der Waals surface area contributed by atoms with Crippen molar-refractivity contribution in [3.8, 4) is 0 Å². The van der Waals surface area contributed by atoms with Gasteiger partial charge in [0.1, 0.15) is 0 Å². The Hall–Kier alpha value is 0.270. The Morgan fingerprint density at radius 1 is 1.50 bits per heavy atom. The largest absolute Gasteiger partial charge is 1.00 e. The van der Waals surface area contributed by atoms with Crippen LogP contribution in [-0.2, 0) is 0 Å². The fraction of sp³-hybridized carbons (Fsp3) is 0.750. The second-order valence-electron chi connectivity index (χ2n) is 1.35. The zero-order valence-electron chi connectivity index (χ0n) is 5.47. The van der Waals surface area contributed by atoms with Crippen LogP contribution < -0.4 is 29.6 Å². The van der Waals surface area contributed by atoms with Gasteiger partial charge >= 0.3 is 29.6 Å². The van der Waals surface area contributed by atoms with E-state index in [1.54, 1.807) is 6.92 Å². The van der Waals surface area contributed by atoms with Crippen LogP contribution in [0.2, 0.25) is 0 Å². The first-order chi connectivity index (χ1) is 3.18. The van der Waals surface area contributed by atoms with Gasteiger partial charge in [0.05, 0.1) is 0 Å². The van der Waals surface area contributed by atoms with Crippen molar-refractivity contribution in [1.29, 1.82) is 0 Å². The number of hydrogen-bond acceptors (Lipinski definition) is 2. The van der Waals surface area contributed by atoms with Gasteiger partial charge in [0.15, 0.2) is 5.71 Å². The van der Waals surface area contributed by atoms with E-state index in [-0.39, 0.29) is 34.5 Å². The van der Waals surface area contributed by atoms with Gasteiger partial charge in [0.25, 0.3) is 0 Å². The molecule has 0 aliphatic carbocycles. The molecule has 0 spiro atoms. The van der Waals surface area contributed by atoms with Gasteiger partial charge in [-0.1, -0.05) is 6.92 Å². The standard InChI is InChI=1S/C4H8NO2.Na/c1-3-4(2)5(6)7;/h3H2,1-2H3;/q-1;+1. The van der Waals surface area contributed by atoms with E-state index in [0.29, 0.717) is 12.1 Å². The van der Waals surface area contributed by atoms with Crippen molar-refractivity contribution in [1.82, 2.24) is 0 Å². The number of nitrogens with zero attached hydrogens (tertiary/aromatic N) is 1. The predicted octanol–water partition coefficient (Wildman–Crippen LogP) is -2.13. The maximum absolute atomic E-state index is 9.70. The van der Waals surface area contributed by atoms with Crippen molar-refractivity contribution < 1.29 is 34.5 Å². The molecule has 0 fully saturated rings. The van der Waals surface area contributed by atoms with Gasteiger partial charge in [0.2, 0.25) is 0 Å². The van der Waals surface area contributed by atoms with Crippen LogP contribution in [0, 0.1) is 10.4 Å². The third-order valence-electron chi connectivity index (χ3n) is 0.823. The van der Waals surface area contributed by atoms with E-state index in [2.05, 4.69) is 0 Å². The Morgan fingerprint density at radius 3 is 1.88 bits per heavy atom. The zero-order chi connectivity index (χ0) is 5.86. The molecule has 0 aliphatic heterocycles. The van der Waals surface area contributed by atoms with Crippen LogP contribution in [0.1, 0.15) is 20.3 Å². The fourth-order valence-corrected chi connectivity index (χ4v) is 0.129. The molecule has 0 aromatic carbocycles. The van der Waals surface area contributed by atoms with E-state index >= 15 is 0 Å². The molecular formula is C4H8NNaO2. The summed E-state index contributed by atoms with van der Waals surface area (Å²) in [6.07, 6.45) is 0.535. The van der Waals surface area contributed by atoms with E-state index < -0.39 is 0 Å². The predicted molar refractivity (Wildman–Crippen MR) is 28.0 cm³/mol. The fourth-order valence-electron chi connectivity index (χ4n) is 0.129. The van der Waals surface area contributed by atoms with Crippen LogP contribution in [0.3, 0.4) is 0 Å². The van der Waals surface area contributed by atoms with Crippen LogP contribution in [0.5, 0.6) is 0 Å². The molecule has 0 aromatic heterocycles. The van der Waals surface area contributed by atoms with E-state index in [9.17, 15) is 10.4 Å². The molecule has 0 bridgehead atoms. The average molecular weight is 125 g/mol. The molecule has 8 heavy (non-hydrogen) atoms. The Kier molecular flexibility index (Phi) is 7.52. The Labute approximate surface area is 70.8 Å². The third-order valence-corrected chi connectivity index (χ3v) is 0.823. The van der Waals surface area contributed by atoms with Crippen LogP contribution >= 0.6 is 0 Å². The summed E-state index contributed by atoms with van der Waals surface area (Å²) in [6.45, 7) is 3.28. The van der Waals surface area contributed by atoms with Crippen molar-refractivity contribution >= 4 is 5.71 Å². The third kappa shape index (κ3) is 4.43. The summed E-state index contributed by atoms with van der Waals surface area (Å²) >= 11 is 0. The van der Waals surface area contributed by atoms with Gasteiger partial charge in [-0.2, -0.15) is 4.90 Å². The van der Waals surface area contributed by atoms with Gasteiger partial charge in [-0.25, -0.2) is 0 Å². The Morgan fingerprint density at radius 2 is 1.88 bits per heavy atom. The van der Waals surface area contributed by atoms with E-state index in [1.165, 1.54) is 6.92 Å². The molecule has 0 atom stereocenters. The van der Waals surface area contributed by atoms with Gasteiger partial charge in [-0.3, -0.25) is 0 Å². The molecule has 0 aliphatic rings. The van der Waals surface area contributed by atoms with Gasteiger partial charge in [-0.05, 0) is 0 Å². The van der Waals surface area contributed by atoms with Crippen molar-refractivity contribution in [2.45, 2.75) is 20.3 Å². The minimum absolute atomic E-state index is 0. The maximum Gasteiger partial charge on any atom is 1.00 e. The molecule has 0 aromatic rings. The molecule has 0 radical (unpaired) electrons. The minimum Gasteiger partial charge on any atom is -0.612 e. The second kappa shape index (κ2) is 5.41. The molecule has 0 unspecified atom stereocenters. The summed E-state index contributed by atoms with van der Waals surface area (Å²) in [5.74, 6) is 0. The van der Waals surface area contributed by atoms with Crippen LogP contribution in [-0.4, -0.2) is 10.6 Å². The summed E-state index contributed by atoms with van der Waals surface area (Å²) in [7, 11) is 0. The quantitative estimate of drug-likeness (QED) is 0.174. The van der Waals surface area contributed by atoms with Gasteiger partial charge in [0, 0.05) is 13.3 Å². The maximum atomic E-state index is 9.70. The van der Waals surface area contributed by atoms with E-state index in [1.807, 2.05) is 0 Å². The van der Waals surface area contributed by atoms with E-state index in [0.717, 1.165) is 0 Å². The molecular weight excluding hydrogens is 117 g/mol. The molecule has 0 saturated heterocycles. The summed E-state index contributed by atoms with van der Waals surface area (Å²) in [6, 6.07) is 0. The SMILES string of the molecule is CCC(C)=[N+]([O-])[O-].[Na+]. The molecule has 0 amide bonds. The number of hydrogen-bond donors (Lipinski definition) is 0. The van der Waals surface area contributed by atoms with Crippen molar-refractivity contribution in [2.75, 3.05) is 0 Å². The normalized spacial score (nSPS) is 7.25. The van der Waals surface area contributed by atoms with Crippen molar-refractivity contribution in [3.63, 3.8) is 0 Å². The minimum atomic E-state index is -0.361. The first-order valence-electron chi connectivity index (χ1n) is 2.15. The summed E-state index contributed by atoms with van der Waals surface area (Å²) < 4.78 is 0. The molecule has 0 rings (SSSR count). The Bertz CT molecular complexity index is 88.0. The zero-order valence-corrected chi connectivity index (χ0v) is 7.47. The molecule has 3 nitrogen and oxygen atoms in total. The average Bonchev–Trinajstić information content (AvgIpc) is 1.65. The Balaban J connectivity index is 0. The summed E-state index contributed by atoms with van der Waals surface area (Å²) in [5.41, 5.74) is 0.319. The number of rotatable bonds is 1. The van der Waals surface area contributed by atoms with Crippen molar-refractivity contribution in [3.05, 3.63) is 10.4 Å². The molecule has 42 valence electrons. The monoisotopic (exact) mass is 125 g/mol.